The van der Waals surface area contributed by atoms with Gasteiger partial charge in [0.2, 0.25) is 41.4 Å². The number of aromatic nitrogens is 2. The number of phosphoric acid groups is 1. The maximum atomic E-state index is 14.4. The van der Waals surface area contributed by atoms with E-state index in [0.29, 0.717) is 56.4 Å². The fourth-order valence-electron chi connectivity index (χ4n) is 15.3. The largest absolute Gasteiger partial charge is 3.00 e. The number of hydrogen-bond acceptors (Lipinski definition) is 18. The Morgan fingerprint density at radius 1 is 0.796 bits per heavy atom. The number of phosphoric ester groups is 1. The molecule has 1 aromatic heterocycles. The number of amides is 7. The first-order chi connectivity index (χ1) is 42.8. The van der Waals surface area contributed by atoms with Gasteiger partial charge in [0, 0.05) is 108 Å². The molecule has 15 atom stereocenters. The van der Waals surface area contributed by atoms with Gasteiger partial charge in [-0.25, -0.2) is 9.55 Å². The summed E-state index contributed by atoms with van der Waals surface area (Å²) in [5.41, 5.74) is 36.8. The summed E-state index contributed by atoms with van der Waals surface area (Å²) in [4.78, 5) is 125. The van der Waals surface area contributed by atoms with Crippen LogP contribution in [-0.4, -0.2) is 132 Å². The minimum atomic E-state index is -5.07. The summed E-state index contributed by atoms with van der Waals surface area (Å²) in [7, 11) is -5.07. The Bertz CT molecular complexity index is 3600. The number of nitrogens with two attached hydrogens (primary N) is 6. The van der Waals surface area contributed by atoms with E-state index in [-0.39, 0.29) is 94.0 Å². The molecule has 28 nitrogen and oxygen atoms in total. The molecule has 93 heavy (non-hydrogen) atoms. The predicted octanol–water partition coefficient (Wildman–Crippen LogP) is 4.04. The number of allylic oxidation sites excluding steroid dienone is 6. The smallest absolute Gasteiger partial charge is 0.682 e. The van der Waals surface area contributed by atoms with Crippen molar-refractivity contribution >= 4 is 77.3 Å². The number of ether oxygens (including phenoxy) is 1. The molecule has 2 aromatic rings. The quantitative estimate of drug-likeness (QED) is 0.0469. The molecule has 8 rings (SSSR count). The molecule has 8 bridgehead atoms. The van der Waals surface area contributed by atoms with Gasteiger partial charge in [0.15, 0.2) is 6.23 Å². The molecular weight excluding hydrogens is 1270 g/mol. The van der Waals surface area contributed by atoms with Crippen molar-refractivity contribution in [3.8, 4) is 0 Å². The number of carbonyl (C=O) groups is 7. The fraction of sp³-hybridized carbons (Fsp3) is 0.619. The molecule has 2 saturated heterocycles. The molecule has 6 aliphatic heterocycles. The minimum absolute atomic E-state index is 0. The summed E-state index contributed by atoms with van der Waals surface area (Å²) in [6.45, 7) is 23.9. The Kier molecular flexibility index (Phi) is 23.0. The van der Waals surface area contributed by atoms with Gasteiger partial charge < -0.3 is 81.3 Å². The van der Waals surface area contributed by atoms with E-state index < -0.39 is 143 Å². The van der Waals surface area contributed by atoms with E-state index in [1.807, 2.05) is 80.5 Å². The zero-order chi connectivity index (χ0) is 68.7. The van der Waals surface area contributed by atoms with Gasteiger partial charge in [-0.3, -0.25) is 57.6 Å². The molecule has 1 unspecified atom stereocenters. The summed E-state index contributed by atoms with van der Waals surface area (Å²) in [5, 5.41) is 36.5. The van der Waals surface area contributed by atoms with E-state index in [4.69, 9.17) is 80.3 Å². The summed E-state index contributed by atoms with van der Waals surface area (Å²) < 4.78 is 32.3. The van der Waals surface area contributed by atoms with Crippen molar-refractivity contribution in [1.82, 2.24) is 14.9 Å². The number of aliphatic imine (C=N–C) groups is 3. The van der Waals surface area contributed by atoms with Gasteiger partial charge in [-0.15, -0.1) is 0 Å². The van der Waals surface area contributed by atoms with Crippen LogP contribution in [0, 0.1) is 71.0 Å². The number of aliphatic hydroxyl groups is 2. The van der Waals surface area contributed by atoms with Crippen molar-refractivity contribution < 1.29 is 83.8 Å². The second kappa shape index (κ2) is 28.5. The monoisotopic (exact) mass is 1360 g/mol. The molecule has 7 heterocycles. The Balaban J connectivity index is 0.00000453. The number of aryl methyl sites for hydroxylation is 2. The van der Waals surface area contributed by atoms with Crippen molar-refractivity contribution in [3.63, 3.8) is 0 Å². The molecule has 2 fully saturated rings. The van der Waals surface area contributed by atoms with Gasteiger partial charge in [-0.1, -0.05) is 40.7 Å². The number of aliphatic hydroxyl groups excluding tert-OH is 2. The molecule has 16 N–H and O–H groups in total. The van der Waals surface area contributed by atoms with Crippen LogP contribution in [0.2, 0.25) is 0 Å². The van der Waals surface area contributed by atoms with E-state index in [2.05, 4.69) is 10.3 Å². The van der Waals surface area contributed by atoms with E-state index in [0.717, 1.165) is 11.1 Å². The number of carbonyl (C=O) groups excluding carboxylic acids is 7. The molecular formula is C63H89CoN14O14P+. The van der Waals surface area contributed by atoms with Crippen LogP contribution in [0.3, 0.4) is 0 Å². The van der Waals surface area contributed by atoms with Crippen molar-refractivity contribution in [2.24, 2.45) is 94.7 Å². The molecule has 508 valence electrons. The molecule has 1 aromatic carbocycles. The van der Waals surface area contributed by atoms with Gasteiger partial charge >= 0.3 is 24.6 Å². The summed E-state index contributed by atoms with van der Waals surface area (Å²) in [6, 6.07) is 2.68. The van der Waals surface area contributed by atoms with Crippen LogP contribution in [0.25, 0.3) is 16.4 Å². The Labute approximate surface area is 551 Å². The number of benzene rings is 1. The fourth-order valence-corrected chi connectivity index (χ4v) is 16.5. The maximum Gasteiger partial charge on any atom is 3.00 e. The molecule has 30 heteroatoms. The van der Waals surface area contributed by atoms with Gasteiger partial charge in [0.25, 0.3) is 0 Å². The van der Waals surface area contributed by atoms with E-state index in [1.54, 1.807) is 11.5 Å². The molecule has 0 saturated carbocycles. The Morgan fingerprint density at radius 3 is 1.95 bits per heavy atom. The van der Waals surface area contributed by atoms with Gasteiger partial charge in [-0.05, 0) is 119 Å². The van der Waals surface area contributed by atoms with Crippen LogP contribution in [0.5, 0.6) is 0 Å². The van der Waals surface area contributed by atoms with Crippen LogP contribution < -0.4 is 39.7 Å². The molecule has 7 amide bonds. The maximum absolute atomic E-state index is 14.4. The van der Waals surface area contributed by atoms with Gasteiger partial charge in [-0.2, -0.15) is 5.70 Å². The predicted molar refractivity (Wildman–Crippen MR) is 339 cm³/mol. The first kappa shape index (κ1) is 75.0. The summed E-state index contributed by atoms with van der Waals surface area (Å²) in [6.07, 6.45) is -4.47. The first-order valence-corrected chi connectivity index (χ1v) is 32.2. The average molecular weight is 1360 g/mol. The Morgan fingerprint density at radius 2 is 1.38 bits per heavy atom. The molecule has 0 radical (unpaired) electrons. The van der Waals surface area contributed by atoms with Crippen LogP contribution in [0.4, 0.5) is 0 Å². The normalized spacial score (nSPS) is 31.0. The van der Waals surface area contributed by atoms with Gasteiger partial charge in [0.05, 0.1) is 41.3 Å². The zero-order valence-corrected chi connectivity index (χ0v) is 56.4. The van der Waals surface area contributed by atoms with Crippen LogP contribution >= 0.6 is 7.82 Å². The molecule has 6 aliphatic rings. The van der Waals surface area contributed by atoms with E-state index in [9.17, 15) is 53.2 Å². The number of nitrogens with one attached hydrogen (secondary N) is 1. The van der Waals surface area contributed by atoms with E-state index in [1.165, 1.54) is 13.3 Å². The van der Waals surface area contributed by atoms with Crippen LogP contribution in [0.1, 0.15) is 150 Å². The van der Waals surface area contributed by atoms with Crippen molar-refractivity contribution in [2.45, 2.75) is 189 Å². The van der Waals surface area contributed by atoms with Gasteiger partial charge in [0.1, 0.15) is 18.3 Å². The Hall–Kier alpha value is -7.00. The van der Waals surface area contributed by atoms with Crippen molar-refractivity contribution in [2.75, 3.05) is 13.2 Å². The third kappa shape index (κ3) is 14.6. The number of fused-ring (bicyclic) bond motifs is 7. The average Bonchev–Trinajstić information content (AvgIpc) is 1.53. The first-order valence-electron chi connectivity index (χ1n) is 30.7. The molecule has 0 spiro atoms. The SMILES string of the molecule is CC1=C2[N-][C@@H]([C@H](CC(N)=O)[C@@]2(C)CCC(=O)NC[C@@H](C)OP(=O)(O)O[C@H]2[C@@H](O)[C@@H](n3cnc4cc(C)c(C)cc43)O[C@@H]2CO)[C@]2(C)N=C(C(C)=C3N=C(C=C4N=C1[C@@H](CCC(N)=O)C4(C)C)[C@@H](CCC(N)=O)[C@]3(C)CC(N)=O)[C@@H](CCC(N)=O)[C@]2(C)CC(N)=O.[C-]#N.[Co+3]. The topological polar surface area (TPSA) is 486 Å². The summed E-state index contributed by atoms with van der Waals surface area (Å²) in [5.74, 6) is -7.34. The van der Waals surface area contributed by atoms with Crippen LogP contribution in [-0.2, 0) is 68.7 Å². The number of nitrogens with zero attached hydrogens (tertiary/aromatic N) is 7. The molecule has 0 aliphatic carbocycles. The van der Waals surface area contributed by atoms with Crippen LogP contribution in [0.15, 0.2) is 67.8 Å². The number of rotatable bonds is 26. The second-order valence-electron chi connectivity index (χ2n) is 27.0. The third-order valence-corrected chi connectivity index (χ3v) is 21.6. The number of hydrogen-bond donors (Lipinski definition) is 10. The number of primary amides is 6. The van der Waals surface area contributed by atoms with E-state index >= 15 is 0 Å². The standard InChI is InChI=1S/C62H90N13O14P.CN.Co/c1-29-20-39-40(21-30(29)2)75(28-70-39)57-52(84)53(41(27-76)87-57)89-90(85,86)88-31(3)26-69-49(83)18-19-59(8)37(22-46(66)80)56-62(11)61(10,25-48(68)82)36(14-17-45(65)79)51(74-62)33(5)55-60(9,24-47(67)81)34(12-15-43(63)77)38(71-55)23-42-58(6,7)35(13-16-44(64)78)50(72-42)32(4)54(59)73-56;1-2;/h20-21,23,28,31,34-37,41,52-53,56-57,76,84H,12-19,22,24-27H2,1-11H3,(H15,63,64,65,66,67,68,69,71,72,73,74,77,78,79,80,81,82,83,85,86);;/q;-1;+3/p-1/t31-,34-,35-,36-,37+,41-,52-,53-,56+,57+,59-,60+,61+,62+;;/m1../s1. The number of imidazole rings is 1. The van der Waals surface area contributed by atoms with Crippen molar-refractivity contribution in [1.29, 1.82) is 5.26 Å². The third-order valence-electron chi connectivity index (χ3n) is 20.5. The second-order valence-corrected chi connectivity index (χ2v) is 28.4. The zero-order valence-electron chi connectivity index (χ0n) is 54.5. The minimum Gasteiger partial charge on any atom is -0.682 e. The van der Waals surface area contributed by atoms with Crippen molar-refractivity contribution in [3.05, 3.63) is 75.8 Å². The summed E-state index contributed by atoms with van der Waals surface area (Å²) >= 11 is 0.